The Labute approximate surface area is 196 Å². The van der Waals surface area contributed by atoms with Crippen LogP contribution in [0.25, 0.3) is 0 Å². The van der Waals surface area contributed by atoms with Gasteiger partial charge in [0.15, 0.2) is 0 Å². The number of carboxylic acids is 3. The van der Waals surface area contributed by atoms with E-state index in [9.17, 15) is 28.8 Å². The standard InChI is InChI=1S/C19H32N4O9S/c1-3-9(2)15(20)18(30)21-10(4-6-13(24)25)16(28)23-12(8-33)17(29)22-11(19(31)32)5-7-14(26)27/h9-12,15,33H,3-8,20H2,1-2H3,(H,21,30)(H,22,29)(H,23,28)(H,24,25)(H,26,27)(H,31,32). The van der Waals surface area contributed by atoms with Gasteiger partial charge < -0.3 is 37.0 Å². The normalized spacial score (nSPS) is 15.3. The van der Waals surface area contributed by atoms with Gasteiger partial charge in [0.2, 0.25) is 17.7 Å². The predicted molar refractivity (Wildman–Crippen MR) is 118 cm³/mol. The maximum atomic E-state index is 12.7. The first-order chi connectivity index (χ1) is 15.3. The van der Waals surface area contributed by atoms with Crippen molar-refractivity contribution in [3.63, 3.8) is 0 Å². The zero-order valence-electron chi connectivity index (χ0n) is 18.4. The van der Waals surface area contributed by atoms with Gasteiger partial charge in [-0.3, -0.25) is 24.0 Å². The monoisotopic (exact) mass is 492 g/mol. The number of carboxylic acid groups (broad SMARTS) is 3. The van der Waals surface area contributed by atoms with Crippen LogP contribution in [-0.2, 0) is 28.8 Å². The number of thiol groups is 1. The Bertz CT molecular complexity index is 734. The van der Waals surface area contributed by atoms with Crippen LogP contribution in [0.3, 0.4) is 0 Å². The van der Waals surface area contributed by atoms with E-state index in [4.69, 9.17) is 21.1 Å². The third-order valence-corrected chi connectivity index (χ3v) is 5.28. The molecular formula is C19H32N4O9S. The van der Waals surface area contributed by atoms with Gasteiger partial charge in [-0.15, -0.1) is 0 Å². The molecule has 0 aliphatic carbocycles. The number of nitrogens with two attached hydrogens (primary N) is 1. The van der Waals surface area contributed by atoms with Crippen molar-refractivity contribution >= 4 is 48.3 Å². The number of aliphatic carboxylic acids is 3. The van der Waals surface area contributed by atoms with Crippen molar-refractivity contribution < 1.29 is 44.1 Å². The van der Waals surface area contributed by atoms with Gasteiger partial charge in [0.1, 0.15) is 18.1 Å². The lowest BCUT2D eigenvalue weighted by atomic mass is 9.98. The van der Waals surface area contributed by atoms with E-state index < -0.39 is 72.6 Å². The summed E-state index contributed by atoms with van der Waals surface area (Å²) in [5.74, 6) is -6.86. The average molecular weight is 493 g/mol. The molecule has 0 heterocycles. The van der Waals surface area contributed by atoms with Crippen molar-refractivity contribution in [2.24, 2.45) is 11.7 Å². The topological polar surface area (TPSA) is 225 Å². The molecule has 13 nitrogen and oxygen atoms in total. The molecule has 0 aliphatic rings. The highest BCUT2D eigenvalue weighted by molar-refractivity contribution is 7.80. The second-order valence-electron chi connectivity index (χ2n) is 7.48. The van der Waals surface area contributed by atoms with E-state index in [1.807, 2.05) is 6.92 Å². The molecule has 0 saturated heterocycles. The molecule has 0 saturated carbocycles. The highest BCUT2D eigenvalue weighted by Crippen LogP contribution is 2.07. The van der Waals surface area contributed by atoms with Crippen LogP contribution >= 0.6 is 12.6 Å². The van der Waals surface area contributed by atoms with Crippen LogP contribution in [-0.4, -0.2) is 80.9 Å². The number of amides is 3. The van der Waals surface area contributed by atoms with Crippen LogP contribution in [0.2, 0.25) is 0 Å². The zero-order chi connectivity index (χ0) is 25.7. The van der Waals surface area contributed by atoms with E-state index in [0.717, 1.165) is 0 Å². The molecule has 0 aromatic heterocycles. The van der Waals surface area contributed by atoms with Crippen LogP contribution in [0, 0.1) is 5.92 Å². The summed E-state index contributed by atoms with van der Waals surface area (Å²) in [6.07, 6.45) is -1.03. The summed E-state index contributed by atoms with van der Waals surface area (Å²) in [6.45, 7) is 3.56. The van der Waals surface area contributed by atoms with Gasteiger partial charge in [-0.1, -0.05) is 20.3 Å². The zero-order valence-corrected chi connectivity index (χ0v) is 19.3. The first-order valence-corrected chi connectivity index (χ1v) is 10.9. The van der Waals surface area contributed by atoms with Crippen molar-refractivity contribution in [2.75, 3.05) is 5.75 Å². The van der Waals surface area contributed by atoms with Gasteiger partial charge in [0.25, 0.3) is 0 Å². The largest absolute Gasteiger partial charge is 0.481 e. The Hall–Kier alpha value is -2.87. The van der Waals surface area contributed by atoms with Gasteiger partial charge in [0.05, 0.1) is 6.04 Å². The number of rotatable bonds is 16. The molecule has 5 unspecified atom stereocenters. The molecule has 3 amide bonds. The smallest absolute Gasteiger partial charge is 0.326 e. The fourth-order valence-electron chi connectivity index (χ4n) is 2.58. The number of hydrogen-bond donors (Lipinski definition) is 8. The molecule has 33 heavy (non-hydrogen) atoms. The number of hydrogen-bond acceptors (Lipinski definition) is 8. The van der Waals surface area contributed by atoms with Crippen LogP contribution in [0.4, 0.5) is 0 Å². The second kappa shape index (κ2) is 15.1. The number of carbonyl (C=O) groups is 6. The Morgan fingerprint density at radius 3 is 1.64 bits per heavy atom. The van der Waals surface area contributed by atoms with Crippen molar-refractivity contribution in [3.8, 4) is 0 Å². The Morgan fingerprint density at radius 2 is 1.21 bits per heavy atom. The van der Waals surface area contributed by atoms with E-state index in [2.05, 4.69) is 28.6 Å². The molecular weight excluding hydrogens is 460 g/mol. The summed E-state index contributed by atoms with van der Waals surface area (Å²) in [7, 11) is 0. The molecule has 0 radical (unpaired) electrons. The van der Waals surface area contributed by atoms with Gasteiger partial charge in [0, 0.05) is 18.6 Å². The second-order valence-corrected chi connectivity index (χ2v) is 7.85. The molecule has 188 valence electrons. The molecule has 0 fully saturated rings. The predicted octanol–water partition coefficient (Wildman–Crippen LogP) is -1.44. The van der Waals surface area contributed by atoms with Crippen molar-refractivity contribution in [1.82, 2.24) is 16.0 Å². The molecule has 0 spiro atoms. The molecule has 0 rings (SSSR count). The Morgan fingerprint density at radius 1 is 0.788 bits per heavy atom. The van der Waals surface area contributed by atoms with Crippen LogP contribution in [0.15, 0.2) is 0 Å². The average Bonchev–Trinajstić information content (AvgIpc) is 2.75. The van der Waals surface area contributed by atoms with Gasteiger partial charge in [-0.2, -0.15) is 12.6 Å². The van der Waals surface area contributed by atoms with Gasteiger partial charge >= 0.3 is 17.9 Å². The van der Waals surface area contributed by atoms with E-state index in [0.29, 0.717) is 6.42 Å². The van der Waals surface area contributed by atoms with Crippen LogP contribution in [0.1, 0.15) is 46.0 Å². The van der Waals surface area contributed by atoms with E-state index >= 15 is 0 Å². The van der Waals surface area contributed by atoms with E-state index in [1.165, 1.54) is 0 Å². The Balaban J connectivity index is 5.34. The van der Waals surface area contributed by atoms with Crippen LogP contribution < -0.4 is 21.7 Å². The summed E-state index contributed by atoms with van der Waals surface area (Å²) in [6, 6.07) is -5.10. The maximum absolute atomic E-state index is 12.7. The molecule has 14 heteroatoms. The summed E-state index contributed by atoms with van der Waals surface area (Å²) in [5.41, 5.74) is 5.85. The summed E-state index contributed by atoms with van der Waals surface area (Å²) in [4.78, 5) is 70.4. The molecule has 0 aliphatic heterocycles. The van der Waals surface area contributed by atoms with Crippen molar-refractivity contribution in [3.05, 3.63) is 0 Å². The number of nitrogens with one attached hydrogen (secondary N) is 3. The molecule has 0 bridgehead atoms. The lowest BCUT2D eigenvalue weighted by molar-refractivity contribution is -0.143. The minimum absolute atomic E-state index is 0.206. The first-order valence-electron chi connectivity index (χ1n) is 10.3. The lowest BCUT2D eigenvalue weighted by Crippen LogP contribution is -2.58. The Kier molecular flexibility index (Phi) is 13.7. The minimum atomic E-state index is -1.51. The summed E-state index contributed by atoms with van der Waals surface area (Å²) >= 11 is 3.97. The molecule has 0 aromatic carbocycles. The maximum Gasteiger partial charge on any atom is 0.326 e. The first kappa shape index (κ1) is 30.1. The van der Waals surface area contributed by atoms with Gasteiger partial charge in [-0.25, -0.2) is 4.79 Å². The van der Waals surface area contributed by atoms with Crippen molar-refractivity contribution in [2.45, 2.75) is 70.1 Å². The highest BCUT2D eigenvalue weighted by atomic mass is 32.1. The lowest BCUT2D eigenvalue weighted by Gasteiger charge is -2.25. The van der Waals surface area contributed by atoms with Crippen LogP contribution in [0.5, 0.6) is 0 Å². The molecule has 8 N–H and O–H groups in total. The van der Waals surface area contributed by atoms with E-state index in [-0.39, 0.29) is 24.5 Å². The molecule has 5 atom stereocenters. The third kappa shape index (κ3) is 11.5. The highest BCUT2D eigenvalue weighted by Gasteiger charge is 2.31. The third-order valence-electron chi connectivity index (χ3n) is 4.92. The number of carbonyl (C=O) groups excluding carboxylic acids is 3. The minimum Gasteiger partial charge on any atom is -0.481 e. The summed E-state index contributed by atoms with van der Waals surface area (Å²) in [5, 5.41) is 33.6. The van der Waals surface area contributed by atoms with E-state index in [1.54, 1.807) is 6.92 Å². The fraction of sp³-hybridized carbons (Fsp3) is 0.684. The van der Waals surface area contributed by atoms with Crippen molar-refractivity contribution in [1.29, 1.82) is 0 Å². The SMILES string of the molecule is CCC(C)C(N)C(=O)NC(CCC(=O)O)C(=O)NC(CS)C(=O)NC(CCC(=O)O)C(=O)O. The molecule has 0 aromatic rings. The summed E-state index contributed by atoms with van der Waals surface area (Å²) < 4.78 is 0. The quantitative estimate of drug-likeness (QED) is 0.117. The fourth-order valence-corrected chi connectivity index (χ4v) is 2.84. The van der Waals surface area contributed by atoms with Gasteiger partial charge in [-0.05, 0) is 18.8 Å².